The Morgan fingerprint density at radius 3 is 2.82 bits per heavy atom. The summed E-state index contributed by atoms with van der Waals surface area (Å²) in [5.74, 6) is 1.03. The number of esters is 1. The highest BCUT2D eigenvalue weighted by atomic mass is 16.5. The van der Waals surface area contributed by atoms with Gasteiger partial charge >= 0.3 is 5.97 Å². The number of nitrogens with zero attached hydrogens (tertiary/aromatic N) is 1. The molecule has 0 aliphatic heterocycles. The van der Waals surface area contributed by atoms with E-state index in [0.717, 1.165) is 46.1 Å². The van der Waals surface area contributed by atoms with E-state index in [1.54, 1.807) is 6.20 Å². The Kier molecular flexibility index (Phi) is 5.69. The highest BCUT2D eigenvalue weighted by molar-refractivity contribution is 6.01. The van der Waals surface area contributed by atoms with Crippen molar-refractivity contribution in [1.82, 2.24) is 4.98 Å². The molecule has 2 N–H and O–H groups in total. The van der Waals surface area contributed by atoms with Gasteiger partial charge in [0.2, 0.25) is 0 Å². The lowest BCUT2D eigenvalue weighted by atomic mass is 9.96. The van der Waals surface area contributed by atoms with Crippen LogP contribution < -0.4 is 10.5 Å². The number of carbonyl (C=O) groups excluding carboxylic acids is 1. The first kappa shape index (κ1) is 21.0. The maximum atomic E-state index is 12.0. The van der Waals surface area contributed by atoms with Crippen molar-refractivity contribution in [2.24, 2.45) is 0 Å². The monoisotopic (exact) mass is 438 g/mol. The molecular formula is C28H26N2O3. The highest BCUT2D eigenvalue weighted by Crippen LogP contribution is 2.39. The molecule has 1 aliphatic rings. The van der Waals surface area contributed by atoms with Crippen molar-refractivity contribution in [3.8, 4) is 16.9 Å². The molecule has 0 saturated carbocycles. The van der Waals surface area contributed by atoms with Gasteiger partial charge in [-0.05, 0) is 65.6 Å². The zero-order valence-electron chi connectivity index (χ0n) is 18.6. The summed E-state index contributed by atoms with van der Waals surface area (Å²) in [6, 6.07) is 22.4. The van der Waals surface area contributed by atoms with Crippen LogP contribution in [0.15, 0.2) is 72.9 Å². The number of hydrogen-bond acceptors (Lipinski definition) is 5. The third kappa shape index (κ3) is 4.14. The number of aryl methyl sites for hydroxylation is 1. The molecule has 0 radical (unpaired) electrons. The van der Waals surface area contributed by atoms with E-state index in [1.165, 1.54) is 11.1 Å². The second-order valence-corrected chi connectivity index (χ2v) is 8.25. The Hall–Kier alpha value is -3.86. The van der Waals surface area contributed by atoms with Crippen molar-refractivity contribution >= 4 is 22.6 Å². The zero-order valence-corrected chi connectivity index (χ0v) is 18.6. The van der Waals surface area contributed by atoms with E-state index in [1.807, 2.05) is 49.4 Å². The van der Waals surface area contributed by atoms with Gasteiger partial charge in [-0.15, -0.1) is 0 Å². The number of carbonyl (C=O) groups is 1. The van der Waals surface area contributed by atoms with Gasteiger partial charge in [0.05, 0.1) is 13.0 Å². The number of fused-ring (bicyclic) bond motifs is 2. The average Bonchev–Trinajstić information content (AvgIpc) is 3.22. The number of benzene rings is 3. The molecule has 33 heavy (non-hydrogen) atoms. The van der Waals surface area contributed by atoms with Crippen molar-refractivity contribution in [1.29, 1.82) is 0 Å². The molecule has 0 saturated heterocycles. The van der Waals surface area contributed by atoms with Crippen molar-refractivity contribution in [2.75, 3.05) is 12.3 Å². The molecule has 0 amide bonds. The molecule has 1 aliphatic carbocycles. The van der Waals surface area contributed by atoms with Crippen LogP contribution in [-0.2, 0) is 22.4 Å². The summed E-state index contributed by atoms with van der Waals surface area (Å²) >= 11 is 0. The van der Waals surface area contributed by atoms with Crippen molar-refractivity contribution in [2.45, 2.75) is 32.3 Å². The Morgan fingerprint density at radius 2 is 1.94 bits per heavy atom. The van der Waals surface area contributed by atoms with Gasteiger partial charge in [0.1, 0.15) is 17.7 Å². The van der Waals surface area contributed by atoms with E-state index in [2.05, 4.69) is 29.2 Å². The molecule has 166 valence electrons. The summed E-state index contributed by atoms with van der Waals surface area (Å²) in [6.45, 7) is 2.19. The number of pyridine rings is 1. The van der Waals surface area contributed by atoms with Crippen LogP contribution in [0.1, 0.15) is 36.1 Å². The Morgan fingerprint density at radius 1 is 1.06 bits per heavy atom. The number of aromatic nitrogens is 1. The zero-order chi connectivity index (χ0) is 22.8. The van der Waals surface area contributed by atoms with Gasteiger partial charge in [0, 0.05) is 17.1 Å². The quantitative estimate of drug-likeness (QED) is 0.394. The van der Waals surface area contributed by atoms with Gasteiger partial charge in [0.15, 0.2) is 0 Å². The fraction of sp³-hybridized carbons (Fsp3) is 0.214. The largest absolute Gasteiger partial charge is 0.485 e. The Bertz CT molecular complexity index is 1330. The van der Waals surface area contributed by atoms with Gasteiger partial charge < -0.3 is 15.2 Å². The Balaban J connectivity index is 1.47. The predicted octanol–water partition coefficient (Wildman–Crippen LogP) is 5.66. The molecule has 0 spiro atoms. The first-order chi connectivity index (χ1) is 16.1. The van der Waals surface area contributed by atoms with Crippen molar-refractivity contribution < 1.29 is 14.3 Å². The maximum Gasteiger partial charge on any atom is 0.310 e. The van der Waals surface area contributed by atoms with Gasteiger partial charge in [-0.25, -0.2) is 4.98 Å². The second kappa shape index (κ2) is 8.94. The molecule has 5 rings (SSSR count). The first-order valence-electron chi connectivity index (χ1n) is 11.3. The van der Waals surface area contributed by atoms with Gasteiger partial charge in [0.25, 0.3) is 0 Å². The number of nitrogens with two attached hydrogens (primary N) is 1. The molecule has 0 bridgehead atoms. The molecular weight excluding hydrogens is 412 g/mol. The number of anilines is 1. The minimum absolute atomic E-state index is 0.0648. The number of para-hydroxylation sites is 1. The maximum absolute atomic E-state index is 12.0. The van der Waals surface area contributed by atoms with E-state index >= 15 is 0 Å². The second-order valence-electron chi connectivity index (χ2n) is 8.25. The van der Waals surface area contributed by atoms with Crippen LogP contribution in [0, 0.1) is 0 Å². The summed E-state index contributed by atoms with van der Waals surface area (Å²) in [6.07, 6.45) is 3.76. The summed E-state index contributed by atoms with van der Waals surface area (Å²) in [7, 11) is 0. The van der Waals surface area contributed by atoms with Crippen LogP contribution in [0.5, 0.6) is 5.75 Å². The minimum atomic E-state index is -0.243. The van der Waals surface area contributed by atoms with Gasteiger partial charge in [-0.2, -0.15) is 0 Å². The number of nitrogen functional groups attached to an aromatic ring is 1. The van der Waals surface area contributed by atoms with Crippen LogP contribution in [0.4, 0.5) is 5.82 Å². The van der Waals surface area contributed by atoms with Gasteiger partial charge in [-0.3, -0.25) is 4.79 Å². The van der Waals surface area contributed by atoms with Crippen molar-refractivity contribution in [3.63, 3.8) is 0 Å². The van der Waals surface area contributed by atoms with Crippen LogP contribution in [0.2, 0.25) is 0 Å². The van der Waals surface area contributed by atoms with E-state index in [4.69, 9.17) is 15.2 Å². The van der Waals surface area contributed by atoms with E-state index in [-0.39, 0.29) is 18.5 Å². The molecule has 1 unspecified atom stereocenters. The fourth-order valence-corrected chi connectivity index (χ4v) is 4.62. The molecule has 1 atom stereocenters. The number of ether oxygens (including phenoxy) is 2. The standard InChI is InChI=1S/C28H26N2O3/c1-2-32-27(31)17-20-6-3-4-9-25(20)33-26-13-12-18-10-11-19(16-24(18)26)21-7-5-8-23-22(21)14-15-30-28(23)29/h3-11,14-16,26H,2,12-13,17H2,1H3,(H2,29,30). The highest BCUT2D eigenvalue weighted by Gasteiger charge is 2.26. The molecule has 1 heterocycles. The van der Waals surface area contributed by atoms with E-state index in [9.17, 15) is 4.79 Å². The lowest BCUT2D eigenvalue weighted by Gasteiger charge is -2.18. The van der Waals surface area contributed by atoms with Gasteiger partial charge in [-0.1, -0.05) is 48.5 Å². The Labute approximate surface area is 193 Å². The van der Waals surface area contributed by atoms with E-state index < -0.39 is 0 Å². The topological polar surface area (TPSA) is 74.4 Å². The number of hydrogen-bond donors (Lipinski definition) is 1. The SMILES string of the molecule is CCOC(=O)Cc1ccccc1OC1CCc2ccc(-c3cccc4c(N)nccc34)cc21. The fourth-order valence-electron chi connectivity index (χ4n) is 4.62. The van der Waals surface area contributed by atoms with Crippen LogP contribution in [0.3, 0.4) is 0 Å². The third-order valence-corrected chi connectivity index (χ3v) is 6.20. The smallest absolute Gasteiger partial charge is 0.310 e. The molecule has 5 nitrogen and oxygen atoms in total. The third-order valence-electron chi connectivity index (χ3n) is 6.20. The predicted molar refractivity (Wildman–Crippen MR) is 130 cm³/mol. The van der Waals surface area contributed by atoms with Crippen LogP contribution >= 0.6 is 0 Å². The summed E-state index contributed by atoms with van der Waals surface area (Å²) < 4.78 is 11.6. The molecule has 5 heteroatoms. The molecule has 4 aromatic rings. The summed E-state index contributed by atoms with van der Waals surface area (Å²) in [5.41, 5.74) is 11.7. The number of rotatable bonds is 6. The lowest BCUT2D eigenvalue weighted by Crippen LogP contribution is -2.10. The van der Waals surface area contributed by atoms with E-state index in [0.29, 0.717) is 12.4 Å². The van der Waals surface area contributed by atoms with Crippen molar-refractivity contribution in [3.05, 3.63) is 89.6 Å². The normalized spacial score (nSPS) is 14.8. The average molecular weight is 439 g/mol. The summed E-state index contributed by atoms with van der Waals surface area (Å²) in [4.78, 5) is 16.3. The minimum Gasteiger partial charge on any atom is -0.485 e. The summed E-state index contributed by atoms with van der Waals surface area (Å²) in [5, 5.41) is 2.04. The molecule has 1 aromatic heterocycles. The van der Waals surface area contributed by atoms with Crippen LogP contribution in [-0.4, -0.2) is 17.6 Å². The molecule has 3 aromatic carbocycles. The lowest BCUT2D eigenvalue weighted by molar-refractivity contribution is -0.142. The molecule has 0 fully saturated rings. The first-order valence-corrected chi connectivity index (χ1v) is 11.3. The van der Waals surface area contributed by atoms with Crippen LogP contribution in [0.25, 0.3) is 21.9 Å².